The Labute approximate surface area is 129 Å². The average molecular weight is 304 g/mol. The van der Waals surface area contributed by atoms with Crippen LogP contribution in [-0.4, -0.2) is 50.2 Å². The monoisotopic (exact) mass is 304 g/mol. The minimum absolute atomic E-state index is 0.265. The molecule has 0 aliphatic carbocycles. The molecule has 1 aliphatic rings. The number of nitrogens with zero attached hydrogens (tertiary/aromatic N) is 4. The molecule has 0 radical (unpaired) electrons. The molecule has 3 rings (SSSR count). The molecule has 6 heteroatoms. The van der Waals surface area contributed by atoms with Gasteiger partial charge in [-0.3, -0.25) is 0 Å². The zero-order valence-corrected chi connectivity index (χ0v) is 13.0. The molecule has 112 valence electrons. The molecule has 0 saturated carbocycles. The number of benzene rings is 1. The molecule has 5 nitrogen and oxygen atoms in total. The molecule has 1 aliphatic heterocycles. The third-order valence-corrected chi connectivity index (χ3v) is 4.80. The van der Waals surface area contributed by atoms with Crippen LogP contribution in [0, 0.1) is 0 Å². The molecule has 1 aromatic heterocycles. The third kappa shape index (κ3) is 3.39. The number of phenolic OH excluding ortho intramolecular Hbond substituents is 1. The van der Waals surface area contributed by atoms with E-state index in [1.165, 1.54) is 25.9 Å². The average Bonchev–Trinajstić information content (AvgIpc) is 3.11. The highest BCUT2D eigenvalue weighted by Crippen LogP contribution is 2.24. The number of thioether (sulfide) groups is 1. The summed E-state index contributed by atoms with van der Waals surface area (Å²) in [5.41, 5.74) is 0.967. The van der Waals surface area contributed by atoms with Gasteiger partial charge in [-0.05, 0) is 50.2 Å². The van der Waals surface area contributed by atoms with Gasteiger partial charge in [0, 0.05) is 24.9 Å². The minimum atomic E-state index is 0.265. The Morgan fingerprint density at radius 3 is 2.57 bits per heavy atom. The van der Waals surface area contributed by atoms with Gasteiger partial charge in [0.15, 0.2) is 11.0 Å². The van der Waals surface area contributed by atoms with E-state index in [0.717, 1.165) is 28.8 Å². The molecule has 21 heavy (non-hydrogen) atoms. The maximum absolute atomic E-state index is 9.35. The van der Waals surface area contributed by atoms with Gasteiger partial charge < -0.3 is 14.6 Å². The number of aromatic hydroxyl groups is 1. The number of aromatic nitrogens is 3. The SMILES string of the molecule is Cn1c(SCCN2CCCC2)nnc1-c1ccc(O)cc1. The van der Waals surface area contributed by atoms with Gasteiger partial charge in [0.1, 0.15) is 5.75 Å². The summed E-state index contributed by atoms with van der Waals surface area (Å²) in [6, 6.07) is 7.06. The van der Waals surface area contributed by atoms with Crippen LogP contribution in [0.5, 0.6) is 5.75 Å². The van der Waals surface area contributed by atoms with Crippen LogP contribution in [0.2, 0.25) is 0 Å². The van der Waals surface area contributed by atoms with Crippen molar-refractivity contribution in [2.45, 2.75) is 18.0 Å². The Balaban J connectivity index is 1.63. The second-order valence-electron chi connectivity index (χ2n) is 5.31. The van der Waals surface area contributed by atoms with Crippen molar-refractivity contribution in [2.75, 3.05) is 25.4 Å². The fourth-order valence-corrected chi connectivity index (χ4v) is 3.49. The summed E-state index contributed by atoms with van der Waals surface area (Å²) < 4.78 is 2.01. The highest BCUT2D eigenvalue weighted by atomic mass is 32.2. The van der Waals surface area contributed by atoms with Gasteiger partial charge in [-0.25, -0.2) is 0 Å². The molecule has 2 aromatic rings. The van der Waals surface area contributed by atoms with E-state index in [-0.39, 0.29) is 5.75 Å². The lowest BCUT2D eigenvalue weighted by molar-refractivity contribution is 0.362. The van der Waals surface area contributed by atoms with E-state index in [9.17, 15) is 5.11 Å². The van der Waals surface area contributed by atoms with Crippen LogP contribution in [-0.2, 0) is 7.05 Å². The Bertz CT molecular complexity index is 590. The largest absolute Gasteiger partial charge is 0.508 e. The molecule has 0 amide bonds. The Morgan fingerprint density at radius 1 is 1.14 bits per heavy atom. The van der Waals surface area contributed by atoms with Gasteiger partial charge in [0.25, 0.3) is 0 Å². The summed E-state index contributed by atoms with van der Waals surface area (Å²) in [7, 11) is 1.99. The topological polar surface area (TPSA) is 54.2 Å². The minimum Gasteiger partial charge on any atom is -0.508 e. The highest BCUT2D eigenvalue weighted by Gasteiger charge is 2.14. The van der Waals surface area contributed by atoms with Gasteiger partial charge in [0.2, 0.25) is 0 Å². The first-order chi connectivity index (χ1) is 10.2. The Kier molecular flexibility index (Phi) is 4.45. The molecular formula is C15H20N4OS. The van der Waals surface area contributed by atoms with Gasteiger partial charge in [0.05, 0.1) is 0 Å². The molecule has 1 N–H and O–H groups in total. The van der Waals surface area contributed by atoms with Crippen molar-refractivity contribution in [2.24, 2.45) is 7.05 Å². The fraction of sp³-hybridized carbons (Fsp3) is 0.467. The van der Waals surface area contributed by atoms with Crippen LogP contribution in [0.25, 0.3) is 11.4 Å². The first-order valence-electron chi connectivity index (χ1n) is 7.28. The summed E-state index contributed by atoms with van der Waals surface area (Å²) in [6.45, 7) is 3.59. The lowest BCUT2D eigenvalue weighted by Crippen LogP contribution is -2.22. The third-order valence-electron chi connectivity index (χ3n) is 3.80. The molecule has 1 fully saturated rings. The van der Waals surface area contributed by atoms with Crippen molar-refractivity contribution in [1.82, 2.24) is 19.7 Å². The predicted molar refractivity (Wildman–Crippen MR) is 84.5 cm³/mol. The number of likely N-dealkylation sites (tertiary alicyclic amines) is 1. The summed E-state index contributed by atoms with van der Waals surface area (Å²) in [5, 5.41) is 18.8. The van der Waals surface area contributed by atoms with Crippen molar-refractivity contribution < 1.29 is 5.11 Å². The summed E-state index contributed by atoms with van der Waals surface area (Å²) in [4.78, 5) is 2.50. The zero-order chi connectivity index (χ0) is 14.7. The molecule has 1 aromatic carbocycles. The van der Waals surface area contributed by atoms with Gasteiger partial charge in [-0.1, -0.05) is 11.8 Å². The lowest BCUT2D eigenvalue weighted by atomic mass is 10.2. The maximum Gasteiger partial charge on any atom is 0.191 e. The van der Waals surface area contributed by atoms with Crippen LogP contribution < -0.4 is 0 Å². The summed E-state index contributed by atoms with van der Waals surface area (Å²) in [6.07, 6.45) is 2.67. The van der Waals surface area contributed by atoms with Crippen molar-refractivity contribution in [3.8, 4) is 17.1 Å². The molecule has 1 saturated heterocycles. The zero-order valence-electron chi connectivity index (χ0n) is 12.2. The van der Waals surface area contributed by atoms with Crippen LogP contribution in [0.4, 0.5) is 0 Å². The van der Waals surface area contributed by atoms with Gasteiger partial charge in [-0.15, -0.1) is 10.2 Å². The second-order valence-corrected chi connectivity index (χ2v) is 6.37. The van der Waals surface area contributed by atoms with E-state index in [0.29, 0.717) is 0 Å². The summed E-state index contributed by atoms with van der Waals surface area (Å²) in [5.74, 6) is 2.14. The standard InChI is InChI=1S/C15H20N4OS/c1-18-14(12-4-6-13(20)7-5-12)16-17-15(18)21-11-10-19-8-2-3-9-19/h4-7,20H,2-3,8-11H2,1H3. The highest BCUT2D eigenvalue weighted by molar-refractivity contribution is 7.99. The van der Waals surface area contributed by atoms with Crippen LogP contribution in [0.1, 0.15) is 12.8 Å². The van der Waals surface area contributed by atoms with E-state index < -0.39 is 0 Å². The van der Waals surface area contributed by atoms with Gasteiger partial charge >= 0.3 is 0 Å². The molecule has 0 unspecified atom stereocenters. The van der Waals surface area contributed by atoms with Crippen LogP contribution >= 0.6 is 11.8 Å². The van der Waals surface area contributed by atoms with E-state index in [1.807, 2.05) is 23.7 Å². The number of phenols is 1. The van der Waals surface area contributed by atoms with E-state index in [1.54, 1.807) is 23.9 Å². The first kappa shape index (κ1) is 14.4. The van der Waals surface area contributed by atoms with Gasteiger partial charge in [-0.2, -0.15) is 0 Å². The van der Waals surface area contributed by atoms with Crippen LogP contribution in [0.3, 0.4) is 0 Å². The Hall–Kier alpha value is -1.53. The van der Waals surface area contributed by atoms with Crippen molar-refractivity contribution >= 4 is 11.8 Å². The lowest BCUT2D eigenvalue weighted by Gasteiger charge is -2.13. The summed E-state index contributed by atoms with van der Waals surface area (Å²) >= 11 is 1.75. The van der Waals surface area contributed by atoms with Crippen LogP contribution in [0.15, 0.2) is 29.4 Å². The molecule has 2 heterocycles. The van der Waals surface area contributed by atoms with E-state index in [2.05, 4.69) is 15.1 Å². The molecule has 0 atom stereocenters. The maximum atomic E-state index is 9.35. The van der Waals surface area contributed by atoms with Crippen molar-refractivity contribution in [1.29, 1.82) is 0 Å². The smallest absolute Gasteiger partial charge is 0.191 e. The molecule has 0 bridgehead atoms. The van der Waals surface area contributed by atoms with Crippen molar-refractivity contribution in [3.63, 3.8) is 0 Å². The van der Waals surface area contributed by atoms with E-state index >= 15 is 0 Å². The molecule has 0 spiro atoms. The number of rotatable bonds is 5. The second kappa shape index (κ2) is 6.49. The van der Waals surface area contributed by atoms with E-state index in [4.69, 9.17) is 0 Å². The Morgan fingerprint density at radius 2 is 1.86 bits per heavy atom. The number of hydrogen-bond acceptors (Lipinski definition) is 5. The fourth-order valence-electron chi connectivity index (χ4n) is 2.57. The predicted octanol–water partition coefficient (Wildman–Crippen LogP) is 2.38. The number of hydrogen-bond donors (Lipinski definition) is 1. The normalized spacial score (nSPS) is 15.7. The quantitative estimate of drug-likeness (QED) is 0.860. The molecular weight excluding hydrogens is 284 g/mol. The van der Waals surface area contributed by atoms with Crippen molar-refractivity contribution in [3.05, 3.63) is 24.3 Å². The first-order valence-corrected chi connectivity index (χ1v) is 8.26.